The van der Waals surface area contributed by atoms with Crippen molar-refractivity contribution in [2.75, 3.05) is 7.11 Å². The molecule has 5 rings (SSSR count). The van der Waals surface area contributed by atoms with Crippen molar-refractivity contribution in [1.29, 1.82) is 0 Å². The lowest BCUT2D eigenvalue weighted by molar-refractivity contribution is -0.192. The van der Waals surface area contributed by atoms with Crippen molar-refractivity contribution in [2.24, 2.45) is 14.1 Å². The molecule has 0 radical (unpaired) electrons. The summed E-state index contributed by atoms with van der Waals surface area (Å²) in [6.45, 7) is 4.37. The van der Waals surface area contributed by atoms with Crippen LogP contribution >= 0.6 is 11.6 Å². The number of hydrogen-bond acceptors (Lipinski definition) is 4. The first kappa shape index (κ1) is 32.5. The summed E-state index contributed by atoms with van der Waals surface area (Å²) in [6.07, 6.45) is -1.45. The number of carboxylic acid groups (broad SMARTS) is 1. The van der Waals surface area contributed by atoms with Gasteiger partial charge in [-0.05, 0) is 58.0 Å². The minimum Gasteiger partial charge on any atom is -0.475 e. The molecule has 44 heavy (non-hydrogen) atoms. The van der Waals surface area contributed by atoms with Gasteiger partial charge in [0.2, 0.25) is 0 Å². The highest BCUT2D eigenvalue weighted by Crippen LogP contribution is 2.42. The standard InChI is InChI=1S/C31H30ClN3O2.C2HF3O2/c1-20(2)21-9-11-23(12-10-21)31(37-5,29-18-33-19-34(29)3)24-13-14-28-27(16-24)26(17-30(36)35(28)4)22-7-6-8-25(32)15-22;3-2(4,5)1(6)7/h6-20H,1-5H3;(H,6,7). The highest BCUT2D eigenvalue weighted by atomic mass is 35.5. The van der Waals surface area contributed by atoms with Gasteiger partial charge < -0.3 is 19.0 Å². The van der Waals surface area contributed by atoms with Gasteiger partial charge in [-0.3, -0.25) is 4.79 Å². The number of methoxy groups -OCH3 is 1. The lowest BCUT2D eigenvalue weighted by Gasteiger charge is -2.34. The summed E-state index contributed by atoms with van der Waals surface area (Å²) < 4.78 is 41.8. The molecule has 0 spiro atoms. The van der Waals surface area contributed by atoms with Gasteiger partial charge in [-0.15, -0.1) is 0 Å². The highest BCUT2D eigenvalue weighted by Gasteiger charge is 2.40. The second-order valence-electron chi connectivity index (χ2n) is 10.6. The number of benzene rings is 3. The van der Waals surface area contributed by atoms with Crippen LogP contribution in [0.1, 0.15) is 42.1 Å². The number of carbonyl (C=O) groups is 1. The maximum atomic E-state index is 12.9. The summed E-state index contributed by atoms with van der Waals surface area (Å²) >= 11 is 6.33. The summed E-state index contributed by atoms with van der Waals surface area (Å²) in [4.78, 5) is 26.2. The summed E-state index contributed by atoms with van der Waals surface area (Å²) in [5, 5.41) is 8.68. The number of carboxylic acids is 1. The second kappa shape index (κ2) is 12.7. The summed E-state index contributed by atoms with van der Waals surface area (Å²) in [6, 6.07) is 24.0. The van der Waals surface area contributed by atoms with E-state index in [4.69, 9.17) is 26.2 Å². The number of pyridine rings is 1. The Morgan fingerprint density at radius 3 is 2.14 bits per heavy atom. The smallest absolute Gasteiger partial charge is 0.475 e. The fraction of sp³-hybridized carbons (Fsp3) is 0.242. The predicted molar refractivity (Wildman–Crippen MR) is 164 cm³/mol. The Hall–Kier alpha value is -4.41. The number of aromatic nitrogens is 3. The van der Waals surface area contributed by atoms with Gasteiger partial charge in [0.05, 0.1) is 23.7 Å². The maximum absolute atomic E-state index is 12.9. The van der Waals surface area contributed by atoms with E-state index in [0.717, 1.165) is 38.9 Å². The van der Waals surface area contributed by atoms with Gasteiger partial charge in [0.25, 0.3) is 5.56 Å². The number of halogens is 4. The molecule has 230 valence electrons. The minimum absolute atomic E-state index is 0.0795. The number of aliphatic carboxylic acids is 1. The van der Waals surface area contributed by atoms with Gasteiger partial charge in [-0.1, -0.05) is 67.9 Å². The third-order valence-electron chi connectivity index (χ3n) is 7.50. The summed E-state index contributed by atoms with van der Waals surface area (Å²) in [5.74, 6) is -2.34. The quantitative estimate of drug-likeness (QED) is 0.214. The van der Waals surface area contributed by atoms with Crippen LogP contribution in [-0.4, -0.2) is 38.5 Å². The van der Waals surface area contributed by atoms with Gasteiger partial charge in [0.1, 0.15) is 0 Å². The van der Waals surface area contributed by atoms with E-state index >= 15 is 0 Å². The molecule has 11 heteroatoms. The SMILES string of the molecule is COC(c1ccc(C(C)C)cc1)(c1ccc2c(c1)c(-c1cccc(Cl)c1)cc(=O)n2C)c1cncn1C.O=C(O)C(F)(F)F. The van der Waals surface area contributed by atoms with E-state index in [1.165, 1.54) is 5.56 Å². The molecule has 0 bridgehead atoms. The molecule has 2 heterocycles. The van der Waals surface area contributed by atoms with Gasteiger partial charge in [-0.2, -0.15) is 13.2 Å². The van der Waals surface area contributed by atoms with Crippen LogP contribution in [0, 0.1) is 0 Å². The molecule has 0 saturated carbocycles. The first-order valence-electron chi connectivity index (χ1n) is 13.5. The second-order valence-corrected chi connectivity index (χ2v) is 11.0. The van der Waals surface area contributed by atoms with E-state index in [1.54, 1.807) is 31.1 Å². The molecular formula is C33H31ClF3N3O4. The first-order chi connectivity index (χ1) is 20.7. The van der Waals surface area contributed by atoms with E-state index in [1.807, 2.05) is 54.2 Å². The molecule has 7 nitrogen and oxygen atoms in total. The third-order valence-corrected chi connectivity index (χ3v) is 7.73. The number of hydrogen-bond donors (Lipinski definition) is 1. The van der Waals surface area contributed by atoms with Crippen LogP contribution < -0.4 is 5.56 Å². The molecule has 0 saturated heterocycles. The molecular weight excluding hydrogens is 595 g/mol. The number of rotatable bonds is 6. The zero-order valence-corrected chi connectivity index (χ0v) is 25.4. The van der Waals surface area contributed by atoms with Crippen LogP contribution in [0.5, 0.6) is 0 Å². The van der Waals surface area contributed by atoms with Gasteiger partial charge in [0, 0.05) is 37.7 Å². The van der Waals surface area contributed by atoms with E-state index in [9.17, 15) is 18.0 Å². The average molecular weight is 626 g/mol. The van der Waals surface area contributed by atoms with Gasteiger partial charge in [0.15, 0.2) is 5.60 Å². The number of alkyl halides is 3. The van der Waals surface area contributed by atoms with Crippen LogP contribution in [0.15, 0.2) is 90.1 Å². The summed E-state index contributed by atoms with van der Waals surface area (Å²) in [5.41, 5.74) is 5.64. The van der Waals surface area contributed by atoms with Crippen LogP contribution in [-0.2, 0) is 29.2 Å². The topological polar surface area (TPSA) is 86.4 Å². The molecule has 1 unspecified atom stereocenters. The zero-order valence-electron chi connectivity index (χ0n) is 24.7. The van der Waals surface area contributed by atoms with Crippen LogP contribution in [0.3, 0.4) is 0 Å². The van der Waals surface area contributed by atoms with Crippen molar-refractivity contribution >= 4 is 28.5 Å². The minimum atomic E-state index is -5.08. The molecule has 0 aliphatic carbocycles. The lowest BCUT2D eigenvalue weighted by Crippen LogP contribution is -2.34. The fourth-order valence-electron chi connectivity index (χ4n) is 5.18. The Kier molecular flexibility index (Phi) is 9.36. The van der Waals surface area contributed by atoms with Crippen molar-refractivity contribution < 1.29 is 27.8 Å². The van der Waals surface area contributed by atoms with Gasteiger partial charge >= 0.3 is 12.1 Å². The monoisotopic (exact) mass is 625 g/mol. The predicted octanol–water partition coefficient (Wildman–Crippen LogP) is 7.29. The molecule has 5 aromatic rings. The Morgan fingerprint density at radius 2 is 1.61 bits per heavy atom. The van der Waals surface area contributed by atoms with E-state index in [-0.39, 0.29) is 5.56 Å². The van der Waals surface area contributed by atoms with E-state index < -0.39 is 17.7 Å². The van der Waals surface area contributed by atoms with Crippen molar-refractivity contribution in [3.05, 3.63) is 123 Å². The van der Waals surface area contributed by atoms with Crippen LogP contribution in [0.25, 0.3) is 22.0 Å². The number of nitrogens with zero attached hydrogens (tertiary/aromatic N) is 3. The molecule has 0 fully saturated rings. The highest BCUT2D eigenvalue weighted by molar-refractivity contribution is 6.30. The zero-order chi connectivity index (χ0) is 32.4. The normalized spacial score (nSPS) is 13.0. The molecule has 0 amide bonds. The Balaban J connectivity index is 0.000000566. The van der Waals surface area contributed by atoms with Gasteiger partial charge in [-0.25, -0.2) is 9.78 Å². The Bertz CT molecular complexity index is 1860. The molecule has 2 aromatic heterocycles. The molecule has 3 aromatic carbocycles. The fourth-order valence-corrected chi connectivity index (χ4v) is 5.37. The van der Waals surface area contributed by atoms with Crippen LogP contribution in [0.4, 0.5) is 13.2 Å². The van der Waals surface area contributed by atoms with E-state index in [0.29, 0.717) is 10.9 Å². The number of aryl methyl sites for hydroxylation is 2. The molecule has 1 N–H and O–H groups in total. The van der Waals surface area contributed by atoms with E-state index in [2.05, 4.69) is 49.2 Å². The van der Waals surface area contributed by atoms with Crippen molar-refractivity contribution in [3.63, 3.8) is 0 Å². The first-order valence-corrected chi connectivity index (χ1v) is 13.9. The van der Waals surface area contributed by atoms with Crippen LogP contribution in [0.2, 0.25) is 5.02 Å². The largest absolute Gasteiger partial charge is 0.490 e. The third kappa shape index (κ3) is 6.27. The maximum Gasteiger partial charge on any atom is 0.490 e. The number of imidazole rings is 1. The Labute approximate surface area is 257 Å². The Morgan fingerprint density at radius 1 is 0.977 bits per heavy atom. The lowest BCUT2D eigenvalue weighted by atomic mass is 9.81. The average Bonchev–Trinajstić information content (AvgIpc) is 3.41. The molecule has 0 aliphatic rings. The van der Waals surface area contributed by atoms with Crippen molar-refractivity contribution in [1.82, 2.24) is 14.1 Å². The summed E-state index contributed by atoms with van der Waals surface area (Å²) in [7, 11) is 5.49. The molecule has 0 aliphatic heterocycles. The number of fused-ring (bicyclic) bond motifs is 1. The molecule has 1 atom stereocenters. The van der Waals surface area contributed by atoms with Crippen molar-refractivity contribution in [3.8, 4) is 11.1 Å². The van der Waals surface area contributed by atoms with Crippen molar-refractivity contribution in [2.45, 2.75) is 31.5 Å². The number of ether oxygens (including phenoxy) is 1.